The Hall–Kier alpha value is -4.28. The average Bonchev–Trinajstić information content (AvgIpc) is 3.70. The van der Waals surface area contributed by atoms with Gasteiger partial charge in [0, 0.05) is 30.8 Å². The molecule has 0 aliphatic carbocycles. The highest BCUT2D eigenvalue weighted by molar-refractivity contribution is 7.21. The van der Waals surface area contributed by atoms with Crippen molar-refractivity contribution in [1.29, 1.82) is 0 Å². The largest absolute Gasteiger partial charge is 1.00 e. The van der Waals surface area contributed by atoms with Crippen LogP contribution < -0.4 is 38.3 Å². The van der Waals surface area contributed by atoms with Gasteiger partial charge in [0.1, 0.15) is 22.8 Å². The number of para-hydroxylation sites is 2. The third-order valence-corrected chi connectivity index (χ3v) is 9.18. The topological polar surface area (TPSA) is 45.2 Å². The Balaban J connectivity index is 0.00000343. The summed E-state index contributed by atoms with van der Waals surface area (Å²) in [6.45, 7) is 5.98. The highest BCUT2D eigenvalue weighted by Crippen LogP contribution is 2.41. The minimum atomic E-state index is 0. The molecule has 0 atom stereocenters. The van der Waals surface area contributed by atoms with E-state index in [1.807, 2.05) is 24.3 Å². The SMILES string of the molecule is CCN1/C(=C/C=C/c2n(-c3ccccc3)c3ccc(-c4nc5ccccc5s4)cc3[n+]2CC)N(C)c2cc(C=O)ccc21.[I-]. The van der Waals surface area contributed by atoms with E-state index in [2.05, 4.69) is 125 Å². The summed E-state index contributed by atoms with van der Waals surface area (Å²) < 4.78 is 5.90. The van der Waals surface area contributed by atoms with E-state index in [4.69, 9.17) is 4.98 Å². The fraction of sp³-hybridized carbons (Fsp3) is 0.139. The summed E-state index contributed by atoms with van der Waals surface area (Å²) in [6.07, 6.45) is 7.39. The zero-order valence-corrected chi connectivity index (χ0v) is 27.8. The van der Waals surface area contributed by atoms with Gasteiger partial charge in [0.2, 0.25) is 0 Å². The summed E-state index contributed by atoms with van der Waals surface area (Å²) >= 11 is 1.73. The third kappa shape index (κ3) is 5.01. The number of benzene rings is 4. The molecule has 0 radical (unpaired) electrons. The lowest BCUT2D eigenvalue weighted by atomic mass is 10.2. The first kappa shape index (κ1) is 29.8. The van der Waals surface area contributed by atoms with Crippen LogP contribution in [0.25, 0.3) is 43.6 Å². The number of rotatable bonds is 7. The summed E-state index contributed by atoms with van der Waals surface area (Å²) in [7, 11) is 2.06. The van der Waals surface area contributed by atoms with Crippen LogP contribution in [0.4, 0.5) is 11.4 Å². The number of halogens is 1. The molecular formula is C36H32IN5OS. The van der Waals surface area contributed by atoms with E-state index in [-0.39, 0.29) is 24.0 Å². The summed E-state index contributed by atoms with van der Waals surface area (Å²) in [5.41, 5.74) is 8.41. The van der Waals surface area contributed by atoms with Crippen molar-refractivity contribution < 1.29 is 33.3 Å². The molecule has 0 amide bonds. The smallest absolute Gasteiger partial charge is 0.287 e. The average molecular weight is 710 g/mol. The van der Waals surface area contributed by atoms with Crippen LogP contribution in [0.3, 0.4) is 0 Å². The van der Waals surface area contributed by atoms with Crippen LogP contribution in [0, 0.1) is 0 Å². The summed E-state index contributed by atoms with van der Waals surface area (Å²) in [6, 6.07) is 31.4. The standard InChI is InChI=1S/C36H32N5OS.HI/c1-4-39-29-20-18-25(24-42)22-31(29)38(3)34(39)16-11-17-35-40(5-2)32-23-26(36-37-28-14-9-10-15-33(28)43-36)19-21-30(32)41(35)27-12-7-6-8-13-27;/h6-24H,4-5H2,1-3H3;1H/q+1;/p-1. The molecule has 2 aromatic heterocycles. The van der Waals surface area contributed by atoms with Crippen molar-refractivity contribution >= 4 is 56.3 Å². The van der Waals surface area contributed by atoms with Crippen LogP contribution in [-0.2, 0) is 6.54 Å². The summed E-state index contributed by atoms with van der Waals surface area (Å²) in [4.78, 5) is 20.8. The minimum absolute atomic E-state index is 0. The molecule has 3 heterocycles. The lowest BCUT2D eigenvalue weighted by Gasteiger charge is -2.20. The van der Waals surface area contributed by atoms with Gasteiger partial charge in [0.25, 0.3) is 5.82 Å². The second-order valence-corrected chi connectivity index (χ2v) is 11.5. The first-order valence-corrected chi connectivity index (χ1v) is 15.4. The minimum Gasteiger partial charge on any atom is -1.00 e. The van der Waals surface area contributed by atoms with Crippen LogP contribution in [0.15, 0.2) is 109 Å². The molecule has 0 fully saturated rings. The van der Waals surface area contributed by atoms with E-state index in [9.17, 15) is 4.79 Å². The van der Waals surface area contributed by atoms with E-state index >= 15 is 0 Å². The summed E-state index contributed by atoms with van der Waals surface area (Å²) in [5, 5.41) is 1.03. The highest BCUT2D eigenvalue weighted by Gasteiger charge is 2.28. The van der Waals surface area contributed by atoms with E-state index < -0.39 is 0 Å². The van der Waals surface area contributed by atoms with E-state index in [0.29, 0.717) is 5.56 Å². The molecule has 0 spiro atoms. The number of aryl methyl sites for hydroxylation is 1. The quantitative estimate of drug-likeness (QED) is 0.135. The van der Waals surface area contributed by atoms with Gasteiger partial charge in [-0.15, -0.1) is 11.3 Å². The van der Waals surface area contributed by atoms with Crippen molar-refractivity contribution in [2.75, 3.05) is 23.4 Å². The Morgan fingerprint density at radius 3 is 2.45 bits per heavy atom. The molecule has 0 N–H and O–H groups in total. The number of hydrogen-bond acceptors (Lipinski definition) is 5. The van der Waals surface area contributed by atoms with Crippen LogP contribution in [-0.4, -0.2) is 29.4 Å². The number of aromatic nitrogens is 3. The normalized spacial score (nSPS) is 13.8. The van der Waals surface area contributed by atoms with Crippen molar-refractivity contribution in [3.8, 4) is 16.3 Å². The number of anilines is 2. The molecule has 1 aliphatic heterocycles. The molecule has 4 aromatic carbocycles. The predicted octanol–water partition coefficient (Wildman–Crippen LogP) is 4.86. The Labute approximate surface area is 278 Å². The molecule has 0 unspecified atom stereocenters. The number of aldehydes is 1. The number of carbonyl (C=O) groups is 1. The Morgan fingerprint density at radius 2 is 1.70 bits per heavy atom. The number of fused-ring (bicyclic) bond motifs is 3. The Bertz CT molecular complexity index is 2030. The van der Waals surface area contributed by atoms with E-state index in [1.165, 1.54) is 4.70 Å². The maximum Gasteiger partial charge on any atom is 0.287 e. The molecule has 6 aromatic rings. The molecule has 220 valence electrons. The van der Waals surface area contributed by atoms with Crippen molar-refractivity contribution in [1.82, 2.24) is 9.55 Å². The molecule has 44 heavy (non-hydrogen) atoms. The second-order valence-electron chi connectivity index (χ2n) is 10.5. The zero-order chi connectivity index (χ0) is 29.5. The number of imidazole rings is 1. The number of carbonyl (C=O) groups excluding carboxylic acids is 1. The lowest BCUT2D eigenvalue weighted by molar-refractivity contribution is -0.670. The maximum atomic E-state index is 11.4. The van der Waals surface area contributed by atoms with E-state index in [0.717, 1.165) is 75.2 Å². The van der Waals surface area contributed by atoms with Gasteiger partial charge in [-0.25, -0.2) is 9.55 Å². The van der Waals surface area contributed by atoms with Crippen molar-refractivity contribution in [2.45, 2.75) is 20.4 Å². The van der Waals surface area contributed by atoms with Crippen LogP contribution >= 0.6 is 11.3 Å². The van der Waals surface area contributed by atoms with Crippen LogP contribution in [0.5, 0.6) is 0 Å². The van der Waals surface area contributed by atoms with Crippen molar-refractivity contribution in [3.05, 3.63) is 120 Å². The predicted molar refractivity (Wildman–Crippen MR) is 178 cm³/mol. The second kappa shape index (κ2) is 12.4. The molecule has 1 aliphatic rings. The number of nitrogens with zero attached hydrogens (tertiary/aromatic N) is 5. The molecule has 7 rings (SSSR count). The monoisotopic (exact) mass is 709 g/mol. The van der Waals surface area contributed by atoms with Gasteiger partial charge in [-0.1, -0.05) is 36.4 Å². The van der Waals surface area contributed by atoms with E-state index in [1.54, 1.807) is 11.3 Å². The number of allylic oxidation sites excluding steroid dienone is 2. The van der Waals surface area contributed by atoms with Gasteiger partial charge in [0.05, 0.1) is 28.1 Å². The Morgan fingerprint density at radius 1 is 0.909 bits per heavy atom. The van der Waals surface area contributed by atoms with Gasteiger partial charge >= 0.3 is 0 Å². The van der Waals surface area contributed by atoms with Crippen molar-refractivity contribution in [3.63, 3.8) is 0 Å². The molecule has 0 saturated carbocycles. The highest BCUT2D eigenvalue weighted by atomic mass is 127. The van der Waals surface area contributed by atoms with Crippen molar-refractivity contribution in [2.24, 2.45) is 0 Å². The summed E-state index contributed by atoms with van der Waals surface area (Å²) in [5.74, 6) is 2.16. The molecule has 0 bridgehead atoms. The fourth-order valence-corrected chi connectivity index (χ4v) is 7.03. The number of thiazole rings is 1. The van der Waals surface area contributed by atoms with Gasteiger partial charge in [-0.3, -0.25) is 4.79 Å². The molecule has 6 nitrogen and oxygen atoms in total. The van der Waals surface area contributed by atoms with Gasteiger partial charge < -0.3 is 33.8 Å². The number of hydrogen-bond donors (Lipinski definition) is 0. The van der Waals surface area contributed by atoms with Gasteiger partial charge in [0.15, 0.2) is 11.0 Å². The first-order valence-electron chi connectivity index (χ1n) is 14.6. The van der Waals surface area contributed by atoms with Gasteiger partial charge in [-0.05, 0) is 80.6 Å². The van der Waals surface area contributed by atoms with Crippen LogP contribution in [0.2, 0.25) is 0 Å². The lowest BCUT2D eigenvalue weighted by Crippen LogP contribution is -3.00. The zero-order valence-electron chi connectivity index (χ0n) is 24.8. The third-order valence-electron chi connectivity index (χ3n) is 8.10. The molecule has 8 heteroatoms. The first-order chi connectivity index (χ1) is 21.1. The molecule has 0 saturated heterocycles. The molecular weight excluding hydrogens is 677 g/mol. The Kier molecular flexibility index (Phi) is 8.38. The van der Waals surface area contributed by atoms with Crippen LogP contribution in [0.1, 0.15) is 30.0 Å². The maximum absolute atomic E-state index is 11.4. The fourth-order valence-electron chi connectivity index (χ4n) is 6.06. The van der Waals surface area contributed by atoms with Gasteiger partial charge in [-0.2, -0.15) is 4.57 Å².